The molecular formula is C24H20N4O7S3. The smallest absolute Gasteiger partial charge is 0.264 e. The Bertz CT molecular complexity index is 1790. The van der Waals surface area contributed by atoms with Gasteiger partial charge in [0.05, 0.1) is 62.4 Å². The van der Waals surface area contributed by atoms with Crippen molar-refractivity contribution in [2.75, 3.05) is 20.5 Å². The molecule has 1 fully saturated rings. The van der Waals surface area contributed by atoms with Crippen LogP contribution in [0.3, 0.4) is 0 Å². The number of sulfonamides is 2. The Morgan fingerprint density at radius 3 is 1.92 bits per heavy atom. The monoisotopic (exact) mass is 572 g/mol. The maximum Gasteiger partial charge on any atom is 0.264 e. The summed E-state index contributed by atoms with van der Waals surface area (Å²) in [5.41, 5.74) is 0.257. The number of sulfone groups is 1. The van der Waals surface area contributed by atoms with Gasteiger partial charge in [0.15, 0.2) is 9.84 Å². The van der Waals surface area contributed by atoms with E-state index >= 15 is 0 Å². The first kappa shape index (κ1) is 27.1. The van der Waals surface area contributed by atoms with E-state index in [9.17, 15) is 35.6 Å². The van der Waals surface area contributed by atoms with Crippen LogP contribution in [0, 0.1) is 22.7 Å². The van der Waals surface area contributed by atoms with Crippen LogP contribution in [-0.4, -0.2) is 54.0 Å². The van der Waals surface area contributed by atoms with E-state index in [2.05, 4.69) is 4.72 Å². The van der Waals surface area contributed by atoms with E-state index < -0.39 is 53.5 Å². The fourth-order valence-electron chi connectivity index (χ4n) is 4.01. The standard InChI is InChI=1S/C24H20N4O7S3/c25-13-17-3-1-5-21(11-17)37(32,33)27-19-7-9-20(10-8-19)28(23-15-36(30,31)16-24(23)29)38(34,35)22-6-2-4-18(12-22)14-26/h1-12,23-24,27,29H,15-16H2/t23-,24+/m1/s1. The molecule has 196 valence electrons. The Hall–Kier alpha value is -3.95. The molecule has 11 nitrogen and oxygen atoms in total. The lowest BCUT2D eigenvalue weighted by molar-refractivity contribution is 0.184. The Labute approximate surface area is 220 Å². The molecule has 1 aliphatic heterocycles. The molecule has 2 N–H and O–H groups in total. The van der Waals surface area contributed by atoms with Crippen molar-refractivity contribution < 1.29 is 30.4 Å². The topological polar surface area (TPSA) is 185 Å². The highest BCUT2D eigenvalue weighted by atomic mass is 32.2. The molecule has 0 unspecified atom stereocenters. The lowest BCUT2D eigenvalue weighted by atomic mass is 10.2. The Kier molecular flexibility index (Phi) is 7.18. The highest BCUT2D eigenvalue weighted by Gasteiger charge is 2.45. The lowest BCUT2D eigenvalue weighted by Crippen LogP contribution is -2.47. The zero-order valence-corrected chi connectivity index (χ0v) is 21.9. The number of nitrogens with zero attached hydrogens (tertiary/aromatic N) is 3. The van der Waals surface area contributed by atoms with Gasteiger partial charge in [-0.3, -0.25) is 9.03 Å². The van der Waals surface area contributed by atoms with Gasteiger partial charge in [0.25, 0.3) is 20.0 Å². The molecule has 0 spiro atoms. The number of nitriles is 2. The highest BCUT2D eigenvalue weighted by molar-refractivity contribution is 7.93. The summed E-state index contributed by atoms with van der Waals surface area (Å²) in [6.07, 6.45) is -1.51. The molecule has 14 heteroatoms. The second-order valence-corrected chi connectivity index (χ2v) is 14.1. The van der Waals surface area contributed by atoms with Gasteiger partial charge in [0, 0.05) is 5.69 Å². The molecule has 1 saturated heterocycles. The van der Waals surface area contributed by atoms with Crippen molar-refractivity contribution in [1.82, 2.24) is 0 Å². The molecule has 3 aromatic rings. The van der Waals surface area contributed by atoms with Crippen LogP contribution >= 0.6 is 0 Å². The zero-order chi connectivity index (χ0) is 27.7. The molecule has 0 bridgehead atoms. The molecule has 0 aromatic heterocycles. The quantitative estimate of drug-likeness (QED) is 0.424. The fourth-order valence-corrected chi connectivity index (χ4v) is 8.70. The van der Waals surface area contributed by atoms with Crippen LogP contribution in [-0.2, 0) is 29.9 Å². The van der Waals surface area contributed by atoms with E-state index in [1.54, 1.807) is 0 Å². The van der Waals surface area contributed by atoms with Gasteiger partial charge in [0.1, 0.15) is 0 Å². The summed E-state index contributed by atoms with van der Waals surface area (Å²) in [6.45, 7) is 0. The summed E-state index contributed by atoms with van der Waals surface area (Å²) in [5.74, 6) is -1.25. The molecule has 3 aromatic carbocycles. The minimum absolute atomic E-state index is 0.0251. The van der Waals surface area contributed by atoms with Crippen LogP contribution in [0.25, 0.3) is 0 Å². The second kappa shape index (κ2) is 10.1. The summed E-state index contributed by atoms with van der Waals surface area (Å²) in [4.78, 5) is -0.434. The van der Waals surface area contributed by atoms with Crippen LogP contribution in [0.5, 0.6) is 0 Å². The molecule has 38 heavy (non-hydrogen) atoms. The first-order valence-electron chi connectivity index (χ1n) is 10.9. The SMILES string of the molecule is N#Cc1cccc(S(=O)(=O)Nc2ccc(N([C@@H]3CS(=O)(=O)C[C@@H]3O)S(=O)(=O)c3cccc(C#N)c3)cc2)c1. The highest BCUT2D eigenvalue weighted by Crippen LogP contribution is 2.32. The van der Waals surface area contributed by atoms with Gasteiger partial charge in [-0.2, -0.15) is 10.5 Å². The number of hydrogen-bond acceptors (Lipinski definition) is 9. The molecule has 1 heterocycles. The van der Waals surface area contributed by atoms with Crippen LogP contribution in [0.1, 0.15) is 11.1 Å². The van der Waals surface area contributed by atoms with Crippen LogP contribution in [0.2, 0.25) is 0 Å². The van der Waals surface area contributed by atoms with Crippen molar-refractivity contribution in [2.24, 2.45) is 0 Å². The predicted molar refractivity (Wildman–Crippen MR) is 138 cm³/mol. The first-order valence-corrected chi connectivity index (χ1v) is 15.7. The normalized spacial score (nSPS) is 18.7. The van der Waals surface area contributed by atoms with E-state index in [4.69, 9.17) is 5.26 Å². The Morgan fingerprint density at radius 2 is 1.39 bits per heavy atom. The summed E-state index contributed by atoms with van der Waals surface area (Å²) in [5, 5.41) is 28.7. The lowest BCUT2D eigenvalue weighted by Gasteiger charge is -2.31. The second-order valence-electron chi connectivity index (χ2n) is 8.44. The number of aliphatic hydroxyl groups is 1. The van der Waals surface area contributed by atoms with Crippen molar-refractivity contribution in [1.29, 1.82) is 10.5 Å². The molecule has 0 saturated carbocycles. The van der Waals surface area contributed by atoms with Crippen molar-refractivity contribution in [3.05, 3.63) is 83.9 Å². The first-order chi connectivity index (χ1) is 17.9. The summed E-state index contributed by atoms with van der Waals surface area (Å²) in [6, 6.07) is 18.0. The minimum Gasteiger partial charge on any atom is -0.390 e. The number of aliphatic hydroxyl groups excluding tert-OH is 1. The van der Waals surface area contributed by atoms with Gasteiger partial charge in [-0.15, -0.1) is 0 Å². The van der Waals surface area contributed by atoms with E-state index in [-0.39, 0.29) is 32.3 Å². The van der Waals surface area contributed by atoms with Crippen LogP contribution in [0.4, 0.5) is 11.4 Å². The van der Waals surface area contributed by atoms with Gasteiger partial charge < -0.3 is 5.11 Å². The number of nitrogens with one attached hydrogen (secondary N) is 1. The maximum absolute atomic E-state index is 13.7. The average molecular weight is 573 g/mol. The van der Waals surface area contributed by atoms with Crippen molar-refractivity contribution >= 4 is 41.3 Å². The van der Waals surface area contributed by atoms with Gasteiger partial charge in [-0.05, 0) is 60.7 Å². The van der Waals surface area contributed by atoms with E-state index in [0.717, 1.165) is 10.4 Å². The summed E-state index contributed by atoms with van der Waals surface area (Å²) in [7, 11) is -12.3. The van der Waals surface area contributed by atoms with Gasteiger partial charge in [-0.1, -0.05) is 12.1 Å². The van der Waals surface area contributed by atoms with Gasteiger partial charge in [0.2, 0.25) is 0 Å². The van der Waals surface area contributed by atoms with Crippen molar-refractivity contribution in [3.8, 4) is 12.1 Å². The van der Waals surface area contributed by atoms with E-state index in [1.165, 1.54) is 66.7 Å². The number of hydrogen-bond donors (Lipinski definition) is 2. The summed E-state index contributed by atoms with van der Waals surface area (Å²) >= 11 is 0. The van der Waals surface area contributed by atoms with Crippen LogP contribution in [0.15, 0.2) is 82.6 Å². The van der Waals surface area contributed by atoms with E-state index in [0.29, 0.717) is 0 Å². The number of anilines is 2. The number of benzene rings is 3. The Morgan fingerprint density at radius 1 is 0.842 bits per heavy atom. The molecule has 2 atom stereocenters. The Balaban J connectivity index is 1.73. The van der Waals surface area contributed by atoms with Gasteiger partial charge in [-0.25, -0.2) is 25.3 Å². The predicted octanol–water partition coefficient (Wildman–Crippen LogP) is 1.58. The van der Waals surface area contributed by atoms with Crippen LogP contribution < -0.4 is 9.03 Å². The molecule has 0 amide bonds. The molecule has 4 rings (SSSR count). The molecular weight excluding hydrogens is 552 g/mol. The summed E-state index contributed by atoms with van der Waals surface area (Å²) < 4.78 is 80.5. The van der Waals surface area contributed by atoms with E-state index in [1.807, 2.05) is 12.1 Å². The minimum atomic E-state index is -4.46. The molecule has 0 radical (unpaired) electrons. The molecule has 1 aliphatic rings. The van der Waals surface area contributed by atoms with Gasteiger partial charge >= 0.3 is 0 Å². The largest absolute Gasteiger partial charge is 0.390 e. The number of rotatable bonds is 7. The third-order valence-corrected chi connectivity index (χ3v) is 10.7. The zero-order valence-electron chi connectivity index (χ0n) is 19.5. The average Bonchev–Trinajstić information content (AvgIpc) is 3.16. The fraction of sp³-hybridized carbons (Fsp3) is 0.167. The maximum atomic E-state index is 13.7. The third kappa shape index (κ3) is 5.49. The van der Waals surface area contributed by atoms with Crippen molar-refractivity contribution in [3.63, 3.8) is 0 Å². The third-order valence-electron chi connectivity index (χ3n) is 5.76. The van der Waals surface area contributed by atoms with Crippen molar-refractivity contribution in [2.45, 2.75) is 21.9 Å². The molecule has 0 aliphatic carbocycles.